The van der Waals surface area contributed by atoms with Crippen LogP contribution in [0.25, 0.3) is 11.0 Å². The summed E-state index contributed by atoms with van der Waals surface area (Å²) in [5, 5.41) is 11.5. The van der Waals surface area contributed by atoms with E-state index in [1.807, 2.05) is 61.8 Å². The van der Waals surface area contributed by atoms with Gasteiger partial charge >= 0.3 is 5.97 Å². The zero-order valence-corrected chi connectivity index (χ0v) is 36.3. The highest BCUT2D eigenvalue weighted by Crippen LogP contribution is 2.33. The molecule has 0 bridgehead atoms. The number of rotatable bonds is 9. The fourth-order valence-electron chi connectivity index (χ4n) is 3.51. The second-order valence-corrected chi connectivity index (χ2v) is 13.6. The highest BCUT2D eigenvalue weighted by atomic mass is 35.5. The standard InChI is InChI=1S/C9H7ClN2O.C8H16N2O2S.C8H14.C4H10.C3H6O2.C2H6O.C2H6S.C2H6/c1-13-6-2-3-7-8(4-6)11-5-9(10)12-7;1-13-7(9-6-11)8(12)10-4-2-3-5-10;1-2-3-4-5-8-6-7-8;1-4(2)3;1-3(4)5-2;2*1-3-2;1-2/h2-5H,1H3;7,9,11H,2-6H2,1H3;2,8H,1,3-7H2;4H,1-3H3;1-2H3;2*1-2H3;1-2H3. The Hall–Kier alpha value is -2.09. The van der Waals surface area contributed by atoms with Crippen LogP contribution in [0, 0.1) is 11.8 Å². The number of allylic oxidation sites excluding steroid dienone is 1. The van der Waals surface area contributed by atoms with Gasteiger partial charge in [0.1, 0.15) is 16.3 Å². The molecule has 1 atom stereocenters. The Morgan fingerprint density at radius 2 is 1.59 bits per heavy atom. The van der Waals surface area contributed by atoms with Crippen molar-refractivity contribution in [3.63, 3.8) is 0 Å². The van der Waals surface area contributed by atoms with Crippen molar-refractivity contribution in [3.05, 3.63) is 42.2 Å². The number of thioether (sulfide) groups is 2. The summed E-state index contributed by atoms with van der Waals surface area (Å²) in [7, 11) is 6.22. The summed E-state index contributed by atoms with van der Waals surface area (Å²) in [6, 6.07) is 5.47. The van der Waals surface area contributed by atoms with E-state index >= 15 is 0 Å². The minimum Gasteiger partial charge on any atom is -0.497 e. The molecule has 298 valence electrons. The van der Waals surface area contributed by atoms with E-state index in [-0.39, 0.29) is 24.0 Å². The number of likely N-dealkylation sites (tertiary alicyclic amines) is 1. The number of aliphatic hydroxyl groups excluding tert-OH is 1. The number of amides is 1. The number of benzene rings is 1. The molecule has 1 aromatic carbocycles. The van der Waals surface area contributed by atoms with E-state index in [1.54, 1.807) is 33.1 Å². The van der Waals surface area contributed by atoms with Crippen LogP contribution in [0.1, 0.15) is 86.5 Å². The fourth-order valence-corrected chi connectivity index (χ4v) is 4.24. The molecule has 4 rings (SSSR count). The number of nitrogens with one attached hydrogen (secondary N) is 1. The lowest BCUT2D eigenvalue weighted by Gasteiger charge is -2.21. The van der Waals surface area contributed by atoms with Gasteiger partial charge in [0.2, 0.25) is 5.91 Å². The third-order valence-electron chi connectivity index (χ3n) is 5.88. The second-order valence-electron chi connectivity index (χ2n) is 11.5. The van der Waals surface area contributed by atoms with E-state index in [2.05, 4.69) is 52.1 Å². The summed E-state index contributed by atoms with van der Waals surface area (Å²) in [4.78, 5) is 31.4. The Morgan fingerprint density at radius 3 is 1.98 bits per heavy atom. The molecule has 1 aliphatic carbocycles. The molecule has 2 aliphatic rings. The van der Waals surface area contributed by atoms with Crippen molar-refractivity contribution in [2.75, 3.05) is 67.0 Å². The van der Waals surface area contributed by atoms with E-state index in [4.69, 9.17) is 21.4 Å². The Bertz CT molecular complexity index is 1090. The van der Waals surface area contributed by atoms with Crippen LogP contribution in [0.2, 0.25) is 5.15 Å². The van der Waals surface area contributed by atoms with Crippen LogP contribution in [0.5, 0.6) is 5.75 Å². The zero-order chi connectivity index (χ0) is 40.0. The van der Waals surface area contributed by atoms with Crippen molar-refractivity contribution < 1.29 is 28.9 Å². The molecule has 51 heavy (non-hydrogen) atoms. The van der Waals surface area contributed by atoms with E-state index in [0.29, 0.717) is 5.15 Å². The molecule has 1 aliphatic heterocycles. The fraction of sp³-hybridized carbons (Fsp3) is 0.684. The molecule has 0 radical (unpaired) electrons. The van der Waals surface area contributed by atoms with Gasteiger partial charge in [-0.3, -0.25) is 19.9 Å². The third-order valence-corrected chi connectivity index (χ3v) is 6.90. The Kier molecular flexibility index (Phi) is 44.4. The van der Waals surface area contributed by atoms with Gasteiger partial charge in [-0.2, -0.15) is 11.8 Å². The van der Waals surface area contributed by atoms with Crippen molar-refractivity contribution in [2.24, 2.45) is 11.8 Å². The van der Waals surface area contributed by atoms with Gasteiger partial charge in [0.05, 0.1) is 38.2 Å². The summed E-state index contributed by atoms with van der Waals surface area (Å²) in [6.07, 6.45) is 18.7. The Morgan fingerprint density at radius 1 is 1.08 bits per heavy atom. The molecule has 2 N–H and O–H groups in total. The largest absolute Gasteiger partial charge is 0.497 e. The maximum Gasteiger partial charge on any atom is 0.302 e. The smallest absolute Gasteiger partial charge is 0.302 e. The number of unbranched alkanes of at least 4 members (excludes halogenated alkanes) is 1. The van der Waals surface area contributed by atoms with Crippen LogP contribution in [0.3, 0.4) is 0 Å². The predicted octanol–water partition coefficient (Wildman–Crippen LogP) is 8.99. The molecular weight excluding hydrogens is 708 g/mol. The van der Waals surface area contributed by atoms with Gasteiger partial charge in [-0.05, 0) is 68.4 Å². The lowest BCUT2D eigenvalue weighted by atomic mass is 10.2. The average molecular weight is 780 g/mol. The van der Waals surface area contributed by atoms with Crippen LogP contribution in [-0.2, 0) is 19.1 Å². The molecule has 1 unspecified atom stereocenters. The predicted molar refractivity (Wildman–Crippen MR) is 223 cm³/mol. The van der Waals surface area contributed by atoms with E-state index in [1.165, 1.54) is 64.1 Å². The summed E-state index contributed by atoms with van der Waals surface area (Å²) < 4.78 is 13.4. The molecule has 0 spiro atoms. The van der Waals surface area contributed by atoms with Crippen molar-refractivity contribution in [2.45, 2.75) is 91.9 Å². The van der Waals surface area contributed by atoms with Gasteiger partial charge in [0.15, 0.2) is 0 Å². The summed E-state index contributed by atoms with van der Waals surface area (Å²) in [6.45, 7) is 17.1. The van der Waals surface area contributed by atoms with Crippen molar-refractivity contribution >= 4 is 58.0 Å². The van der Waals surface area contributed by atoms with Crippen LogP contribution < -0.4 is 10.1 Å². The Labute approximate surface area is 324 Å². The SMILES string of the molecule is C=CCCCC1CC1.CC.CC(C)C.COC.COC(C)=O.COc1ccc2nc(Cl)cnc2c1.CSC.CSC(NCO)C(=O)N1CCCC1. The number of carbonyl (C=O) groups is 2. The van der Waals surface area contributed by atoms with Crippen LogP contribution in [0.15, 0.2) is 37.1 Å². The molecule has 1 saturated heterocycles. The maximum atomic E-state index is 11.7. The number of ether oxygens (including phenoxy) is 3. The number of carbonyl (C=O) groups excluding carboxylic acids is 2. The van der Waals surface area contributed by atoms with Gasteiger partial charge in [-0.1, -0.05) is 71.6 Å². The molecular formula is C38H71ClN4O6S2. The van der Waals surface area contributed by atoms with Crippen molar-refractivity contribution in [1.82, 2.24) is 20.2 Å². The van der Waals surface area contributed by atoms with Crippen LogP contribution in [0.4, 0.5) is 0 Å². The van der Waals surface area contributed by atoms with Crippen molar-refractivity contribution in [3.8, 4) is 5.75 Å². The van der Waals surface area contributed by atoms with E-state index < -0.39 is 0 Å². The van der Waals surface area contributed by atoms with Gasteiger partial charge in [0, 0.05) is 40.3 Å². The van der Waals surface area contributed by atoms with Gasteiger partial charge in [-0.25, -0.2) is 4.98 Å². The van der Waals surface area contributed by atoms with E-state index in [9.17, 15) is 9.59 Å². The summed E-state index contributed by atoms with van der Waals surface area (Å²) >= 11 is 8.86. The Balaban J connectivity index is -0.000000271. The number of aliphatic hydroxyl groups is 1. The maximum absolute atomic E-state index is 11.7. The molecule has 2 aromatic rings. The number of methoxy groups -OCH3 is 3. The number of esters is 1. The number of fused-ring (bicyclic) bond motifs is 1. The number of nitrogens with zero attached hydrogens (tertiary/aromatic N) is 3. The first kappa shape index (κ1) is 55.7. The van der Waals surface area contributed by atoms with Gasteiger partial charge in [0.25, 0.3) is 0 Å². The molecule has 10 nitrogen and oxygen atoms in total. The number of halogens is 1. The monoisotopic (exact) mass is 778 g/mol. The lowest BCUT2D eigenvalue weighted by molar-refractivity contribution is -0.138. The summed E-state index contributed by atoms with van der Waals surface area (Å²) in [5.41, 5.74) is 1.55. The average Bonchev–Trinajstić information content (AvgIpc) is 3.77. The highest BCUT2D eigenvalue weighted by molar-refractivity contribution is 7.99. The first-order valence-electron chi connectivity index (χ1n) is 17.4. The first-order valence-corrected chi connectivity index (χ1v) is 20.7. The number of hydrogen-bond acceptors (Lipinski definition) is 11. The molecule has 1 aromatic heterocycles. The molecule has 2 heterocycles. The van der Waals surface area contributed by atoms with Gasteiger partial charge in [-0.15, -0.1) is 18.3 Å². The molecule has 13 heteroatoms. The van der Waals surface area contributed by atoms with Crippen LogP contribution >= 0.6 is 35.1 Å². The lowest BCUT2D eigenvalue weighted by Crippen LogP contribution is -2.43. The highest BCUT2D eigenvalue weighted by Gasteiger charge is 2.25. The minimum atomic E-state index is -0.289. The third kappa shape index (κ3) is 37.5. The minimum absolute atomic E-state index is 0.0963. The van der Waals surface area contributed by atoms with Crippen LogP contribution in [-0.4, -0.2) is 104 Å². The van der Waals surface area contributed by atoms with E-state index in [0.717, 1.165) is 54.5 Å². The summed E-state index contributed by atoms with van der Waals surface area (Å²) in [5.74, 6) is 2.56. The van der Waals surface area contributed by atoms with Crippen molar-refractivity contribution in [1.29, 1.82) is 0 Å². The topological polar surface area (TPSA) is 123 Å². The number of hydrogen-bond donors (Lipinski definition) is 2. The number of aromatic nitrogens is 2. The molecule has 1 saturated carbocycles. The molecule has 1 amide bonds. The second kappa shape index (κ2) is 40.7. The normalized spacial score (nSPS) is 12.6. The quantitative estimate of drug-likeness (QED) is 0.110. The first-order chi connectivity index (χ1) is 24.3. The zero-order valence-electron chi connectivity index (χ0n) is 33.9. The molecule has 2 fully saturated rings. The van der Waals surface area contributed by atoms with Gasteiger partial charge < -0.3 is 24.2 Å².